The summed E-state index contributed by atoms with van der Waals surface area (Å²) in [5.41, 5.74) is 1.22. The molecule has 1 aromatic carbocycles. The van der Waals surface area contributed by atoms with Gasteiger partial charge in [-0.05, 0) is 18.2 Å². The maximum absolute atomic E-state index is 12.2. The van der Waals surface area contributed by atoms with E-state index in [1.54, 1.807) is 6.07 Å². The number of fused-ring (bicyclic) bond motifs is 1. The number of ether oxygens (including phenoxy) is 2. The Morgan fingerprint density at radius 1 is 1.17 bits per heavy atom. The molecule has 23 heavy (non-hydrogen) atoms. The van der Waals surface area contributed by atoms with E-state index in [-0.39, 0.29) is 5.91 Å². The number of hydrogen-bond acceptors (Lipinski definition) is 5. The lowest BCUT2D eigenvalue weighted by Crippen LogP contribution is -3.13. The number of carbonyl (C=O) groups is 1. The van der Waals surface area contributed by atoms with Gasteiger partial charge in [0.25, 0.3) is 5.91 Å². The van der Waals surface area contributed by atoms with Crippen molar-refractivity contribution >= 4 is 5.91 Å². The van der Waals surface area contributed by atoms with Gasteiger partial charge in [0.15, 0.2) is 11.5 Å². The summed E-state index contributed by atoms with van der Waals surface area (Å²) < 4.78 is 15.7. The third kappa shape index (κ3) is 2.87. The van der Waals surface area contributed by atoms with E-state index in [4.69, 9.17) is 14.0 Å². The monoisotopic (exact) mass is 316 g/mol. The molecule has 2 aliphatic rings. The molecular weight excluding hydrogens is 298 g/mol. The number of piperazine rings is 1. The highest BCUT2D eigenvalue weighted by molar-refractivity contribution is 5.91. The molecule has 7 heteroatoms. The van der Waals surface area contributed by atoms with E-state index in [0.29, 0.717) is 12.6 Å². The summed E-state index contributed by atoms with van der Waals surface area (Å²) in [6, 6.07) is 7.68. The molecule has 1 aromatic heterocycles. The Bertz CT molecular complexity index is 693. The molecule has 0 bridgehead atoms. The first kappa shape index (κ1) is 14.1. The fraction of sp³-hybridized carbons (Fsp3) is 0.375. The summed E-state index contributed by atoms with van der Waals surface area (Å²) in [6.07, 6.45) is 1.49. The number of aromatic nitrogens is 1. The highest BCUT2D eigenvalue weighted by atomic mass is 16.7. The predicted octanol–water partition coefficient (Wildman–Crippen LogP) is -0.0558. The summed E-state index contributed by atoms with van der Waals surface area (Å²) in [7, 11) is 0. The van der Waals surface area contributed by atoms with Crippen LogP contribution in [-0.4, -0.2) is 48.9 Å². The lowest BCUT2D eigenvalue weighted by atomic mass is 10.1. The average Bonchev–Trinajstić information content (AvgIpc) is 3.26. The molecule has 0 spiro atoms. The molecule has 0 unspecified atom stereocenters. The van der Waals surface area contributed by atoms with Gasteiger partial charge >= 0.3 is 0 Å². The number of quaternary nitrogens is 1. The molecule has 1 N–H and O–H groups in total. The Hall–Kier alpha value is -2.54. The van der Waals surface area contributed by atoms with Gasteiger partial charge in [0.1, 0.15) is 6.54 Å². The van der Waals surface area contributed by atoms with Gasteiger partial charge in [0.05, 0.1) is 32.4 Å². The Labute approximate surface area is 133 Å². The fourth-order valence-electron chi connectivity index (χ4n) is 3.02. The molecule has 120 valence electrons. The topological polar surface area (TPSA) is 69.2 Å². The Morgan fingerprint density at radius 3 is 2.78 bits per heavy atom. The standard InChI is InChI=1S/C16H17N3O4/c20-16(14-3-4-17-23-14)19-7-5-18(6-8-19)10-12-1-2-13-15(9-12)22-11-21-13/h1-4,9H,5-8,10-11H2/p+1. The third-order valence-electron chi connectivity index (χ3n) is 4.30. The average molecular weight is 316 g/mol. The molecular formula is C16H18N3O4+. The molecule has 1 saturated heterocycles. The van der Waals surface area contributed by atoms with Crippen molar-refractivity contribution in [2.45, 2.75) is 6.54 Å². The quantitative estimate of drug-likeness (QED) is 0.859. The van der Waals surface area contributed by atoms with Gasteiger partial charge in [-0.2, -0.15) is 0 Å². The second kappa shape index (κ2) is 5.92. The van der Waals surface area contributed by atoms with Crippen molar-refractivity contribution in [1.82, 2.24) is 10.1 Å². The van der Waals surface area contributed by atoms with E-state index in [2.05, 4.69) is 11.2 Å². The molecule has 0 aliphatic carbocycles. The molecule has 4 rings (SSSR count). The number of rotatable bonds is 3. The van der Waals surface area contributed by atoms with Crippen LogP contribution < -0.4 is 14.4 Å². The van der Waals surface area contributed by atoms with Crippen LogP contribution in [0.3, 0.4) is 0 Å². The maximum Gasteiger partial charge on any atom is 0.292 e. The molecule has 0 saturated carbocycles. The third-order valence-corrected chi connectivity index (χ3v) is 4.30. The second-order valence-corrected chi connectivity index (χ2v) is 5.78. The smallest absolute Gasteiger partial charge is 0.292 e. The van der Waals surface area contributed by atoms with Crippen molar-refractivity contribution < 1.29 is 23.7 Å². The van der Waals surface area contributed by atoms with Gasteiger partial charge in [-0.25, -0.2) is 0 Å². The molecule has 1 fully saturated rings. The van der Waals surface area contributed by atoms with Crippen LogP contribution in [-0.2, 0) is 6.54 Å². The van der Waals surface area contributed by atoms with Crippen LogP contribution in [0.4, 0.5) is 0 Å². The molecule has 3 heterocycles. The van der Waals surface area contributed by atoms with E-state index in [0.717, 1.165) is 44.2 Å². The molecule has 2 aromatic rings. The number of nitrogens with one attached hydrogen (secondary N) is 1. The van der Waals surface area contributed by atoms with Crippen molar-refractivity contribution in [2.24, 2.45) is 0 Å². The van der Waals surface area contributed by atoms with Gasteiger partial charge in [0.2, 0.25) is 12.6 Å². The van der Waals surface area contributed by atoms with Gasteiger partial charge in [-0.1, -0.05) is 5.16 Å². The van der Waals surface area contributed by atoms with Crippen LogP contribution in [0.5, 0.6) is 11.5 Å². The summed E-state index contributed by atoms with van der Waals surface area (Å²) in [6.45, 7) is 4.48. The zero-order chi connectivity index (χ0) is 15.6. The molecule has 2 aliphatic heterocycles. The van der Waals surface area contributed by atoms with Crippen molar-refractivity contribution in [3.63, 3.8) is 0 Å². The number of benzene rings is 1. The summed E-state index contributed by atoms with van der Waals surface area (Å²) in [5, 5.41) is 3.59. The number of amides is 1. The first-order valence-corrected chi connectivity index (χ1v) is 7.71. The van der Waals surface area contributed by atoms with Crippen molar-refractivity contribution in [3.8, 4) is 11.5 Å². The normalized spacial score (nSPS) is 17.5. The first-order valence-electron chi connectivity index (χ1n) is 7.71. The van der Waals surface area contributed by atoms with Crippen molar-refractivity contribution in [1.29, 1.82) is 0 Å². The maximum atomic E-state index is 12.2. The van der Waals surface area contributed by atoms with E-state index in [1.165, 1.54) is 16.7 Å². The van der Waals surface area contributed by atoms with Crippen LogP contribution in [0.25, 0.3) is 0 Å². The van der Waals surface area contributed by atoms with Crippen molar-refractivity contribution in [3.05, 3.63) is 41.8 Å². The van der Waals surface area contributed by atoms with E-state index < -0.39 is 0 Å². The second-order valence-electron chi connectivity index (χ2n) is 5.78. The van der Waals surface area contributed by atoms with Gasteiger partial charge in [-0.15, -0.1) is 0 Å². The summed E-state index contributed by atoms with van der Waals surface area (Å²) in [4.78, 5) is 15.5. The van der Waals surface area contributed by atoms with Crippen LogP contribution in [0.1, 0.15) is 16.1 Å². The minimum atomic E-state index is -0.0790. The lowest BCUT2D eigenvalue weighted by Gasteiger charge is -2.31. The van der Waals surface area contributed by atoms with Crippen LogP contribution in [0.15, 0.2) is 35.0 Å². The van der Waals surface area contributed by atoms with Gasteiger partial charge in [0, 0.05) is 11.6 Å². The van der Waals surface area contributed by atoms with E-state index in [1.807, 2.05) is 17.0 Å². The largest absolute Gasteiger partial charge is 0.454 e. The van der Waals surface area contributed by atoms with Gasteiger partial charge < -0.3 is 23.8 Å². The van der Waals surface area contributed by atoms with E-state index >= 15 is 0 Å². The predicted molar refractivity (Wildman–Crippen MR) is 79.4 cm³/mol. The summed E-state index contributed by atoms with van der Waals surface area (Å²) >= 11 is 0. The van der Waals surface area contributed by atoms with Crippen LogP contribution in [0.2, 0.25) is 0 Å². The molecule has 1 amide bonds. The first-order chi connectivity index (χ1) is 11.3. The number of hydrogen-bond donors (Lipinski definition) is 1. The zero-order valence-corrected chi connectivity index (χ0v) is 12.7. The van der Waals surface area contributed by atoms with Crippen LogP contribution >= 0.6 is 0 Å². The Kier molecular flexibility index (Phi) is 3.63. The minimum Gasteiger partial charge on any atom is -0.454 e. The molecule has 0 radical (unpaired) electrons. The van der Waals surface area contributed by atoms with E-state index in [9.17, 15) is 4.79 Å². The molecule has 0 atom stereocenters. The van der Waals surface area contributed by atoms with Gasteiger partial charge in [-0.3, -0.25) is 4.79 Å². The fourth-order valence-corrected chi connectivity index (χ4v) is 3.02. The highest BCUT2D eigenvalue weighted by Crippen LogP contribution is 2.32. The number of carbonyl (C=O) groups excluding carboxylic acids is 1. The SMILES string of the molecule is O=C(c1ccno1)N1CC[NH+](Cc2ccc3c(c2)OCO3)CC1. The summed E-state index contributed by atoms with van der Waals surface area (Å²) in [5.74, 6) is 1.86. The highest BCUT2D eigenvalue weighted by Gasteiger charge is 2.26. The molecule has 7 nitrogen and oxygen atoms in total. The number of nitrogens with zero attached hydrogens (tertiary/aromatic N) is 2. The Morgan fingerprint density at radius 2 is 2.00 bits per heavy atom. The Balaban J connectivity index is 1.34. The van der Waals surface area contributed by atoms with Crippen molar-refractivity contribution in [2.75, 3.05) is 33.0 Å². The lowest BCUT2D eigenvalue weighted by molar-refractivity contribution is -0.917. The zero-order valence-electron chi connectivity index (χ0n) is 12.7. The minimum absolute atomic E-state index is 0.0790. The van der Waals surface area contributed by atoms with Crippen LogP contribution in [0, 0.1) is 0 Å².